The first-order valence-corrected chi connectivity index (χ1v) is 7.19. The third kappa shape index (κ3) is 4.83. The molecule has 0 spiro atoms. The van der Waals surface area contributed by atoms with Gasteiger partial charge >= 0.3 is 0 Å². The zero-order chi connectivity index (χ0) is 14.6. The average Bonchev–Trinajstić information content (AvgIpc) is 2.55. The Morgan fingerprint density at radius 1 is 1.32 bits per heavy atom. The normalized spacial score (nSPS) is 11.9. The van der Waals surface area contributed by atoms with Crippen LogP contribution < -0.4 is 5.32 Å². The average molecular weight is 263 g/mol. The molecule has 0 saturated carbocycles. The third-order valence-corrected chi connectivity index (χ3v) is 3.44. The lowest BCUT2D eigenvalue weighted by molar-refractivity contribution is 0.429. The highest BCUT2D eigenvalue weighted by molar-refractivity contribution is 5.25. The first kappa shape index (κ1) is 16.0. The van der Waals surface area contributed by atoms with E-state index in [0.717, 1.165) is 31.6 Å². The molecule has 3 heteroatoms. The van der Waals surface area contributed by atoms with Crippen molar-refractivity contribution < 1.29 is 0 Å². The van der Waals surface area contributed by atoms with Crippen LogP contribution in [0, 0.1) is 13.8 Å². The van der Waals surface area contributed by atoms with Crippen LogP contribution in [0.25, 0.3) is 0 Å². The predicted octanol–water partition coefficient (Wildman–Crippen LogP) is 3.40. The predicted molar refractivity (Wildman–Crippen MR) is 82.6 cm³/mol. The number of aromatic nitrogens is 2. The number of hydrogen-bond acceptors (Lipinski definition) is 2. The summed E-state index contributed by atoms with van der Waals surface area (Å²) in [5.41, 5.74) is 5.21. The van der Waals surface area contributed by atoms with Crippen LogP contribution in [0.2, 0.25) is 0 Å². The molecular weight excluding hydrogens is 234 g/mol. The number of hydrogen-bond donors (Lipinski definition) is 1. The quantitative estimate of drug-likeness (QED) is 0.797. The van der Waals surface area contributed by atoms with Crippen molar-refractivity contribution in [1.82, 2.24) is 15.1 Å². The van der Waals surface area contributed by atoms with Crippen LogP contribution >= 0.6 is 0 Å². The van der Waals surface area contributed by atoms with Crippen molar-refractivity contribution >= 4 is 0 Å². The zero-order valence-corrected chi connectivity index (χ0v) is 13.4. The van der Waals surface area contributed by atoms with Gasteiger partial charge < -0.3 is 5.32 Å². The van der Waals surface area contributed by atoms with Crippen LogP contribution in [0.3, 0.4) is 0 Å². The minimum Gasteiger partial charge on any atom is -0.312 e. The van der Waals surface area contributed by atoms with E-state index in [-0.39, 0.29) is 5.54 Å². The van der Waals surface area contributed by atoms with Crippen molar-refractivity contribution in [3.63, 3.8) is 0 Å². The summed E-state index contributed by atoms with van der Waals surface area (Å²) in [6.07, 6.45) is 2.05. The van der Waals surface area contributed by atoms with Gasteiger partial charge in [-0.2, -0.15) is 5.10 Å². The van der Waals surface area contributed by atoms with Crippen molar-refractivity contribution in [2.75, 3.05) is 6.54 Å². The summed E-state index contributed by atoms with van der Waals surface area (Å²) in [5.74, 6) is 0. The Kier molecular flexibility index (Phi) is 5.36. The van der Waals surface area contributed by atoms with E-state index in [9.17, 15) is 0 Å². The number of nitrogens with one attached hydrogen (secondary N) is 1. The summed E-state index contributed by atoms with van der Waals surface area (Å²) in [7, 11) is 0. The Morgan fingerprint density at radius 3 is 2.47 bits per heavy atom. The van der Waals surface area contributed by atoms with E-state index in [1.807, 2.05) is 0 Å². The second-order valence-electron chi connectivity index (χ2n) is 6.34. The van der Waals surface area contributed by atoms with E-state index in [2.05, 4.69) is 63.2 Å². The first-order chi connectivity index (χ1) is 8.74. The smallest absolute Gasteiger partial charge is 0.0629 e. The van der Waals surface area contributed by atoms with Gasteiger partial charge in [0.2, 0.25) is 0 Å². The van der Waals surface area contributed by atoms with Crippen molar-refractivity contribution in [2.24, 2.45) is 0 Å². The number of rotatable bonds is 6. The summed E-state index contributed by atoms with van der Waals surface area (Å²) in [4.78, 5) is 0. The van der Waals surface area contributed by atoms with Crippen LogP contribution in [-0.2, 0) is 13.0 Å². The lowest BCUT2D eigenvalue weighted by atomic mass is 10.1. The monoisotopic (exact) mass is 263 g/mol. The standard InChI is InChI=1S/C16H29N3/c1-8-12(2)11-19-14(4)15(13(3)18-19)9-10-17-16(5,6)7/h17H,2,8-11H2,1,3-7H3. The highest BCUT2D eigenvalue weighted by Crippen LogP contribution is 2.15. The Balaban J connectivity index is 2.71. The summed E-state index contributed by atoms with van der Waals surface area (Å²) >= 11 is 0. The van der Waals surface area contributed by atoms with Gasteiger partial charge in [-0.25, -0.2) is 0 Å². The topological polar surface area (TPSA) is 29.9 Å². The molecule has 3 nitrogen and oxygen atoms in total. The Hall–Kier alpha value is -1.09. The van der Waals surface area contributed by atoms with Gasteiger partial charge in [-0.05, 0) is 59.6 Å². The molecule has 0 saturated heterocycles. The van der Waals surface area contributed by atoms with Crippen molar-refractivity contribution in [3.8, 4) is 0 Å². The molecule has 0 amide bonds. The molecule has 0 fully saturated rings. The Labute approximate surface area is 118 Å². The van der Waals surface area contributed by atoms with Crippen molar-refractivity contribution in [3.05, 3.63) is 29.1 Å². The maximum Gasteiger partial charge on any atom is 0.0629 e. The minimum atomic E-state index is 0.175. The molecular formula is C16H29N3. The highest BCUT2D eigenvalue weighted by Gasteiger charge is 2.13. The summed E-state index contributed by atoms with van der Waals surface area (Å²) in [6, 6.07) is 0. The first-order valence-electron chi connectivity index (χ1n) is 7.19. The largest absolute Gasteiger partial charge is 0.312 e. The molecule has 0 aliphatic rings. The molecule has 1 N–H and O–H groups in total. The molecule has 0 aromatic carbocycles. The molecule has 19 heavy (non-hydrogen) atoms. The van der Waals surface area contributed by atoms with Gasteiger partial charge in [0.05, 0.1) is 12.2 Å². The van der Waals surface area contributed by atoms with Crippen LogP contribution in [-0.4, -0.2) is 21.9 Å². The molecule has 0 atom stereocenters. The third-order valence-electron chi connectivity index (χ3n) is 3.44. The molecule has 1 rings (SSSR count). The molecule has 1 heterocycles. The molecule has 0 aliphatic heterocycles. The second-order valence-corrected chi connectivity index (χ2v) is 6.34. The van der Waals surface area contributed by atoms with Gasteiger partial charge in [0.25, 0.3) is 0 Å². The van der Waals surface area contributed by atoms with Gasteiger partial charge in [0.1, 0.15) is 0 Å². The fourth-order valence-corrected chi connectivity index (χ4v) is 2.14. The SMILES string of the molecule is C=C(CC)Cn1nc(C)c(CCNC(C)(C)C)c1C. The van der Waals surface area contributed by atoms with Crippen LogP contribution in [0.4, 0.5) is 0 Å². The van der Waals surface area contributed by atoms with E-state index < -0.39 is 0 Å². The van der Waals surface area contributed by atoms with Gasteiger partial charge in [0.15, 0.2) is 0 Å². The molecule has 0 bridgehead atoms. The lowest BCUT2D eigenvalue weighted by Crippen LogP contribution is -2.37. The van der Waals surface area contributed by atoms with Gasteiger partial charge in [-0.15, -0.1) is 0 Å². The molecule has 0 radical (unpaired) electrons. The lowest BCUT2D eigenvalue weighted by Gasteiger charge is -2.20. The molecule has 108 valence electrons. The summed E-state index contributed by atoms with van der Waals surface area (Å²) < 4.78 is 2.09. The van der Waals surface area contributed by atoms with Crippen LogP contribution in [0.15, 0.2) is 12.2 Å². The molecule has 1 aromatic heterocycles. The molecule has 1 aromatic rings. The maximum absolute atomic E-state index is 4.64. The van der Waals surface area contributed by atoms with Crippen molar-refractivity contribution in [2.45, 2.75) is 66.5 Å². The van der Waals surface area contributed by atoms with E-state index in [1.54, 1.807) is 0 Å². The van der Waals surface area contributed by atoms with Crippen LogP contribution in [0.1, 0.15) is 51.1 Å². The van der Waals surface area contributed by atoms with E-state index in [0.29, 0.717) is 0 Å². The van der Waals surface area contributed by atoms with Crippen LogP contribution in [0.5, 0.6) is 0 Å². The van der Waals surface area contributed by atoms with Gasteiger partial charge in [0, 0.05) is 11.2 Å². The van der Waals surface area contributed by atoms with E-state index in [1.165, 1.54) is 16.8 Å². The highest BCUT2D eigenvalue weighted by atomic mass is 15.3. The van der Waals surface area contributed by atoms with E-state index in [4.69, 9.17) is 0 Å². The molecule has 0 aliphatic carbocycles. The van der Waals surface area contributed by atoms with Gasteiger partial charge in [-0.3, -0.25) is 4.68 Å². The Bertz CT molecular complexity index is 436. The minimum absolute atomic E-state index is 0.175. The number of aryl methyl sites for hydroxylation is 1. The number of nitrogens with zero attached hydrogens (tertiary/aromatic N) is 2. The van der Waals surface area contributed by atoms with E-state index >= 15 is 0 Å². The fraction of sp³-hybridized carbons (Fsp3) is 0.688. The number of allylic oxidation sites excluding steroid dienone is 1. The maximum atomic E-state index is 4.64. The zero-order valence-electron chi connectivity index (χ0n) is 13.4. The van der Waals surface area contributed by atoms with Gasteiger partial charge in [-0.1, -0.05) is 19.1 Å². The van der Waals surface area contributed by atoms with Crippen molar-refractivity contribution in [1.29, 1.82) is 0 Å². The second kappa shape index (κ2) is 6.38. The fourth-order valence-electron chi connectivity index (χ4n) is 2.14. The summed E-state index contributed by atoms with van der Waals surface area (Å²) in [5, 5.41) is 8.17. The molecule has 0 unspecified atom stereocenters. The Morgan fingerprint density at radius 2 is 1.95 bits per heavy atom. The summed E-state index contributed by atoms with van der Waals surface area (Å²) in [6.45, 7) is 18.9.